The summed E-state index contributed by atoms with van der Waals surface area (Å²) in [6.07, 6.45) is 3.53. The summed E-state index contributed by atoms with van der Waals surface area (Å²) >= 11 is 10.8. The van der Waals surface area contributed by atoms with Crippen LogP contribution in [0.1, 0.15) is 45.1 Å². The van der Waals surface area contributed by atoms with E-state index in [1.165, 1.54) is 0 Å². The Bertz CT molecular complexity index is 755. The molecule has 3 rings (SSSR count). The molecule has 1 unspecified atom stereocenters. The van der Waals surface area contributed by atoms with Crippen LogP contribution in [0.15, 0.2) is 22.9 Å². The average molecular weight is 399 g/mol. The van der Waals surface area contributed by atoms with Gasteiger partial charge in [0.25, 0.3) is 0 Å². The molecule has 0 bridgehead atoms. The predicted molar refractivity (Wildman–Crippen MR) is 102 cm³/mol. The van der Waals surface area contributed by atoms with Gasteiger partial charge in [0.2, 0.25) is 6.79 Å². The first-order valence-electron chi connectivity index (χ1n) is 8.72. The van der Waals surface area contributed by atoms with Crippen molar-refractivity contribution in [3.8, 4) is 11.5 Å². The Hall–Kier alpha value is -1.73. The number of ether oxygens (including phenoxy) is 2. The number of nitrogens with zero attached hydrogens (tertiary/aromatic N) is 1. The Morgan fingerprint density at radius 3 is 2.69 bits per heavy atom. The number of carboxylic acids is 1. The number of fused-ring (bicyclic) bond motifs is 1. The topological polar surface area (TPSA) is 71.0 Å². The highest BCUT2D eigenvalue weighted by Gasteiger charge is 2.45. The molecule has 26 heavy (non-hydrogen) atoms. The van der Waals surface area contributed by atoms with E-state index < -0.39 is 11.6 Å². The van der Waals surface area contributed by atoms with E-state index in [0.29, 0.717) is 28.1 Å². The normalized spacial score (nSPS) is 21.3. The standard InChI is InChI=1S/C18H23ClN2O4S/c1-3-5-6-18(4-2)20-16(26)15(17(22)23)21(18)9-11-7-13-14(8-12(11)19)25-10-24-13/h7-8,20,26H,3-6,9-10H2,1-2H3,(H,22,23). The molecule has 0 aliphatic carbocycles. The maximum atomic E-state index is 11.9. The minimum absolute atomic E-state index is 0.164. The largest absolute Gasteiger partial charge is 0.476 e. The number of hydrogen-bond acceptors (Lipinski definition) is 6. The van der Waals surface area contributed by atoms with Crippen LogP contribution in [0, 0.1) is 0 Å². The second-order valence-electron chi connectivity index (χ2n) is 6.50. The molecule has 0 fully saturated rings. The van der Waals surface area contributed by atoms with Gasteiger partial charge < -0.3 is 24.8 Å². The van der Waals surface area contributed by atoms with E-state index in [-0.39, 0.29) is 12.5 Å². The molecule has 0 spiro atoms. The molecular formula is C18H23ClN2O4S. The first-order chi connectivity index (χ1) is 12.4. The van der Waals surface area contributed by atoms with Gasteiger partial charge in [-0.25, -0.2) is 4.79 Å². The number of thiol groups is 1. The Kier molecular flexibility index (Phi) is 5.48. The van der Waals surface area contributed by atoms with Gasteiger partial charge >= 0.3 is 5.97 Å². The fourth-order valence-corrected chi connectivity index (χ4v) is 4.15. The van der Waals surface area contributed by atoms with E-state index in [4.69, 9.17) is 21.1 Å². The van der Waals surface area contributed by atoms with Crippen molar-refractivity contribution >= 4 is 30.2 Å². The number of carbonyl (C=O) groups is 1. The summed E-state index contributed by atoms with van der Waals surface area (Å²) in [6.45, 7) is 4.66. The van der Waals surface area contributed by atoms with Crippen molar-refractivity contribution in [3.05, 3.63) is 33.4 Å². The van der Waals surface area contributed by atoms with Gasteiger partial charge in [0, 0.05) is 17.6 Å². The van der Waals surface area contributed by atoms with Crippen LogP contribution in [0.2, 0.25) is 5.02 Å². The number of halogens is 1. The Labute approximate surface area is 163 Å². The Morgan fingerprint density at radius 2 is 2.08 bits per heavy atom. The Balaban J connectivity index is 1.98. The highest BCUT2D eigenvalue weighted by atomic mass is 35.5. The summed E-state index contributed by atoms with van der Waals surface area (Å²) in [4.78, 5) is 13.8. The third-order valence-electron chi connectivity index (χ3n) is 4.96. The number of benzene rings is 1. The number of rotatable bonds is 7. The van der Waals surface area contributed by atoms with E-state index in [0.717, 1.165) is 31.2 Å². The van der Waals surface area contributed by atoms with Gasteiger partial charge in [-0.2, -0.15) is 0 Å². The van der Waals surface area contributed by atoms with E-state index in [9.17, 15) is 9.90 Å². The predicted octanol–water partition coefficient (Wildman–Crippen LogP) is 3.95. The maximum Gasteiger partial charge on any atom is 0.354 e. The van der Waals surface area contributed by atoms with E-state index in [2.05, 4.69) is 24.9 Å². The lowest BCUT2D eigenvalue weighted by molar-refractivity contribution is -0.135. The minimum Gasteiger partial charge on any atom is -0.476 e. The van der Waals surface area contributed by atoms with Crippen molar-refractivity contribution in [1.82, 2.24) is 10.2 Å². The molecule has 1 aromatic carbocycles. The van der Waals surface area contributed by atoms with E-state index in [1.54, 1.807) is 6.07 Å². The fourth-order valence-electron chi connectivity index (χ4n) is 3.51. The van der Waals surface area contributed by atoms with Gasteiger partial charge in [-0.3, -0.25) is 0 Å². The molecule has 1 aromatic rings. The molecule has 0 saturated heterocycles. The second kappa shape index (κ2) is 7.48. The molecule has 2 aliphatic rings. The number of unbranched alkanes of at least 4 members (excludes halogenated alkanes) is 1. The van der Waals surface area contributed by atoms with Crippen molar-refractivity contribution in [2.24, 2.45) is 0 Å². The molecule has 0 amide bonds. The molecule has 142 valence electrons. The number of nitrogens with one attached hydrogen (secondary N) is 1. The van der Waals surface area contributed by atoms with Crippen LogP contribution in [-0.2, 0) is 11.3 Å². The second-order valence-corrected chi connectivity index (χ2v) is 7.35. The van der Waals surface area contributed by atoms with Crippen LogP contribution in [0.25, 0.3) is 0 Å². The first kappa shape index (κ1) is 19.0. The van der Waals surface area contributed by atoms with Crippen LogP contribution in [0.4, 0.5) is 0 Å². The van der Waals surface area contributed by atoms with Gasteiger partial charge in [0.05, 0.1) is 5.03 Å². The van der Waals surface area contributed by atoms with E-state index >= 15 is 0 Å². The van der Waals surface area contributed by atoms with Crippen LogP contribution in [0.3, 0.4) is 0 Å². The molecular weight excluding hydrogens is 376 g/mol. The molecule has 2 N–H and O–H groups in total. The number of carboxylic acid groups (broad SMARTS) is 1. The van der Waals surface area contributed by atoms with Gasteiger partial charge in [-0.15, -0.1) is 12.6 Å². The molecule has 8 heteroatoms. The summed E-state index contributed by atoms with van der Waals surface area (Å²) < 4.78 is 10.8. The van der Waals surface area contributed by atoms with Crippen molar-refractivity contribution in [3.63, 3.8) is 0 Å². The van der Waals surface area contributed by atoms with Crippen molar-refractivity contribution in [2.75, 3.05) is 6.79 Å². The third kappa shape index (κ3) is 3.30. The lowest BCUT2D eigenvalue weighted by Gasteiger charge is -2.40. The molecule has 2 heterocycles. The van der Waals surface area contributed by atoms with Crippen LogP contribution in [-0.4, -0.2) is 28.4 Å². The summed E-state index contributed by atoms with van der Waals surface area (Å²) in [5.41, 5.74) is 0.453. The zero-order chi connectivity index (χ0) is 18.9. The van der Waals surface area contributed by atoms with Crippen molar-refractivity contribution < 1.29 is 19.4 Å². The minimum atomic E-state index is -1.01. The van der Waals surface area contributed by atoms with Crippen molar-refractivity contribution in [2.45, 2.75) is 51.7 Å². The SMILES string of the molecule is CCCCC1(CC)NC(S)=C(C(=O)O)N1Cc1cc2c(cc1Cl)OCO2. The average Bonchev–Trinajstić information content (AvgIpc) is 3.15. The molecule has 0 aromatic heterocycles. The number of aliphatic carboxylic acids is 1. The van der Waals surface area contributed by atoms with E-state index in [1.807, 2.05) is 17.9 Å². The Morgan fingerprint density at radius 1 is 1.38 bits per heavy atom. The maximum absolute atomic E-state index is 11.9. The summed E-state index contributed by atoms with van der Waals surface area (Å²) in [7, 11) is 0. The summed E-state index contributed by atoms with van der Waals surface area (Å²) in [6, 6.07) is 3.54. The molecule has 6 nitrogen and oxygen atoms in total. The highest BCUT2D eigenvalue weighted by molar-refractivity contribution is 7.84. The quantitative estimate of drug-likeness (QED) is 0.604. The van der Waals surface area contributed by atoms with Crippen LogP contribution < -0.4 is 14.8 Å². The zero-order valence-corrected chi connectivity index (χ0v) is 16.5. The lowest BCUT2D eigenvalue weighted by Crippen LogP contribution is -2.52. The lowest BCUT2D eigenvalue weighted by atomic mass is 9.97. The molecule has 0 saturated carbocycles. The monoisotopic (exact) mass is 398 g/mol. The van der Waals surface area contributed by atoms with Gasteiger partial charge in [-0.05, 0) is 30.9 Å². The first-order valence-corrected chi connectivity index (χ1v) is 9.54. The number of hydrogen-bond donors (Lipinski definition) is 3. The highest BCUT2D eigenvalue weighted by Crippen LogP contribution is 2.41. The summed E-state index contributed by atoms with van der Waals surface area (Å²) in [5, 5.41) is 14.0. The summed E-state index contributed by atoms with van der Waals surface area (Å²) in [5.74, 6) is 0.222. The van der Waals surface area contributed by atoms with Gasteiger partial charge in [0.1, 0.15) is 5.66 Å². The molecule has 1 atom stereocenters. The molecule has 0 radical (unpaired) electrons. The third-order valence-corrected chi connectivity index (χ3v) is 5.64. The van der Waals surface area contributed by atoms with Crippen molar-refractivity contribution in [1.29, 1.82) is 0 Å². The van der Waals surface area contributed by atoms with Crippen LogP contribution in [0.5, 0.6) is 11.5 Å². The van der Waals surface area contributed by atoms with Gasteiger partial charge in [-0.1, -0.05) is 31.9 Å². The fraction of sp³-hybridized carbons (Fsp3) is 0.500. The van der Waals surface area contributed by atoms with Crippen LogP contribution >= 0.6 is 24.2 Å². The molecule has 2 aliphatic heterocycles. The van der Waals surface area contributed by atoms with Gasteiger partial charge in [0.15, 0.2) is 17.2 Å². The smallest absolute Gasteiger partial charge is 0.354 e. The zero-order valence-electron chi connectivity index (χ0n) is 14.8.